The van der Waals surface area contributed by atoms with Crippen molar-refractivity contribution in [1.82, 2.24) is 4.90 Å². The smallest absolute Gasteiger partial charge is 0.000133 e. The fraction of sp³-hybridized carbons (Fsp3) is 1.00. The van der Waals surface area contributed by atoms with E-state index in [1.165, 1.54) is 19.5 Å². The summed E-state index contributed by atoms with van der Waals surface area (Å²) in [5.41, 5.74) is 0. The van der Waals surface area contributed by atoms with Crippen LogP contribution in [-0.2, 0) is 0 Å². The molecule has 0 aromatic rings. The molecular weight excluding hydrogens is 134 g/mol. The van der Waals surface area contributed by atoms with Crippen molar-refractivity contribution in [3.63, 3.8) is 0 Å². The molecule has 0 bridgehead atoms. The average molecular weight is 157 g/mol. The highest BCUT2D eigenvalue weighted by Gasteiger charge is 2.01. The molecule has 0 aromatic heterocycles. The third-order valence-corrected chi connectivity index (χ3v) is 1.76. The van der Waals surface area contributed by atoms with Crippen molar-refractivity contribution in [1.29, 1.82) is 0 Å². The zero-order valence-corrected chi connectivity index (χ0v) is 8.72. The van der Waals surface area contributed by atoms with Crippen LogP contribution in [0.1, 0.15) is 34.1 Å². The summed E-state index contributed by atoms with van der Waals surface area (Å²) < 4.78 is 0. The standard InChI is InChI=1S/C10H23N/c1-9(2)6-7-11(5)8-10(3)4/h9-10H,6-8H2,1-5H3. The van der Waals surface area contributed by atoms with Crippen molar-refractivity contribution in [3.05, 3.63) is 0 Å². The first-order chi connectivity index (χ1) is 5.02. The molecule has 0 saturated heterocycles. The van der Waals surface area contributed by atoms with Gasteiger partial charge in [-0.15, -0.1) is 0 Å². The van der Waals surface area contributed by atoms with Crippen molar-refractivity contribution in [3.8, 4) is 0 Å². The van der Waals surface area contributed by atoms with Crippen molar-refractivity contribution in [2.75, 3.05) is 20.1 Å². The predicted octanol–water partition coefficient (Wildman–Crippen LogP) is 2.62. The first-order valence-corrected chi connectivity index (χ1v) is 4.71. The number of hydrogen-bond donors (Lipinski definition) is 0. The largest absolute Gasteiger partial charge is 0.306 e. The maximum Gasteiger partial charge on any atom is 0.000133 e. The molecule has 0 rings (SSSR count). The molecule has 0 fully saturated rings. The minimum Gasteiger partial charge on any atom is -0.306 e. The Labute approximate surface area is 71.8 Å². The Morgan fingerprint density at radius 2 is 1.55 bits per heavy atom. The zero-order valence-electron chi connectivity index (χ0n) is 8.72. The first kappa shape index (κ1) is 11.0. The fourth-order valence-electron chi connectivity index (χ4n) is 1.19. The van der Waals surface area contributed by atoms with E-state index in [1.54, 1.807) is 0 Å². The molecule has 0 saturated carbocycles. The van der Waals surface area contributed by atoms with E-state index in [0.29, 0.717) is 0 Å². The minimum atomic E-state index is 0.798. The summed E-state index contributed by atoms with van der Waals surface area (Å²) in [7, 11) is 2.21. The minimum absolute atomic E-state index is 0.798. The van der Waals surface area contributed by atoms with E-state index in [2.05, 4.69) is 39.6 Å². The lowest BCUT2D eigenvalue weighted by molar-refractivity contribution is 0.278. The van der Waals surface area contributed by atoms with Crippen LogP contribution >= 0.6 is 0 Å². The van der Waals surface area contributed by atoms with Gasteiger partial charge in [-0.1, -0.05) is 27.7 Å². The predicted molar refractivity (Wildman–Crippen MR) is 51.8 cm³/mol. The lowest BCUT2D eigenvalue weighted by Crippen LogP contribution is -2.25. The normalized spacial score (nSPS) is 12.0. The molecule has 0 aromatic carbocycles. The Morgan fingerprint density at radius 3 is 1.91 bits per heavy atom. The van der Waals surface area contributed by atoms with Crippen LogP contribution in [0.3, 0.4) is 0 Å². The highest BCUT2D eigenvalue weighted by Crippen LogP contribution is 2.02. The SMILES string of the molecule is CC(C)CCN(C)CC(C)C. The summed E-state index contributed by atoms with van der Waals surface area (Å²) in [6, 6.07) is 0. The Bertz CT molecular complexity index is 86.9. The van der Waals surface area contributed by atoms with Gasteiger partial charge in [0.2, 0.25) is 0 Å². The maximum atomic E-state index is 2.42. The van der Waals surface area contributed by atoms with Crippen LogP contribution in [-0.4, -0.2) is 25.0 Å². The molecule has 0 aliphatic carbocycles. The lowest BCUT2D eigenvalue weighted by atomic mass is 10.1. The van der Waals surface area contributed by atoms with E-state index in [1.807, 2.05) is 0 Å². The van der Waals surface area contributed by atoms with Crippen molar-refractivity contribution >= 4 is 0 Å². The van der Waals surface area contributed by atoms with Gasteiger partial charge >= 0.3 is 0 Å². The second-order valence-electron chi connectivity index (χ2n) is 4.34. The molecule has 68 valence electrons. The van der Waals surface area contributed by atoms with Gasteiger partial charge < -0.3 is 4.90 Å². The Hall–Kier alpha value is -0.0400. The zero-order chi connectivity index (χ0) is 8.85. The summed E-state index contributed by atoms with van der Waals surface area (Å²) >= 11 is 0. The van der Waals surface area contributed by atoms with Crippen LogP contribution in [0, 0.1) is 11.8 Å². The van der Waals surface area contributed by atoms with Crippen molar-refractivity contribution < 1.29 is 0 Å². The molecule has 0 amide bonds. The van der Waals surface area contributed by atoms with E-state index in [0.717, 1.165) is 11.8 Å². The highest BCUT2D eigenvalue weighted by molar-refractivity contribution is 4.56. The molecule has 0 unspecified atom stereocenters. The third kappa shape index (κ3) is 7.86. The van der Waals surface area contributed by atoms with Crippen LogP contribution in [0.15, 0.2) is 0 Å². The third-order valence-electron chi connectivity index (χ3n) is 1.76. The Morgan fingerprint density at radius 1 is 1.00 bits per heavy atom. The highest BCUT2D eigenvalue weighted by atomic mass is 15.1. The summed E-state index contributed by atoms with van der Waals surface area (Å²) in [5, 5.41) is 0. The molecular formula is C10H23N. The molecule has 0 aliphatic rings. The van der Waals surface area contributed by atoms with Gasteiger partial charge in [0.05, 0.1) is 0 Å². The monoisotopic (exact) mass is 157 g/mol. The van der Waals surface area contributed by atoms with E-state index < -0.39 is 0 Å². The second-order valence-corrected chi connectivity index (χ2v) is 4.34. The number of hydrogen-bond acceptors (Lipinski definition) is 1. The molecule has 0 atom stereocenters. The van der Waals surface area contributed by atoms with Gasteiger partial charge in [0.15, 0.2) is 0 Å². The summed E-state index contributed by atoms with van der Waals surface area (Å²) in [6.45, 7) is 11.6. The lowest BCUT2D eigenvalue weighted by Gasteiger charge is -2.19. The average Bonchev–Trinajstić information content (AvgIpc) is 1.82. The molecule has 0 N–H and O–H groups in total. The molecule has 0 heterocycles. The maximum absolute atomic E-state index is 2.42. The Balaban J connectivity index is 3.29. The van der Waals surface area contributed by atoms with Crippen LogP contribution in [0.4, 0.5) is 0 Å². The van der Waals surface area contributed by atoms with Crippen LogP contribution in [0.25, 0.3) is 0 Å². The van der Waals surface area contributed by atoms with Gasteiger partial charge in [0.25, 0.3) is 0 Å². The van der Waals surface area contributed by atoms with E-state index in [-0.39, 0.29) is 0 Å². The van der Waals surface area contributed by atoms with Gasteiger partial charge in [-0.2, -0.15) is 0 Å². The van der Waals surface area contributed by atoms with Crippen LogP contribution in [0.5, 0.6) is 0 Å². The van der Waals surface area contributed by atoms with Crippen LogP contribution < -0.4 is 0 Å². The first-order valence-electron chi connectivity index (χ1n) is 4.71. The molecule has 0 radical (unpaired) electrons. The van der Waals surface area contributed by atoms with Gasteiger partial charge in [-0.25, -0.2) is 0 Å². The van der Waals surface area contributed by atoms with Gasteiger partial charge in [-0.05, 0) is 31.8 Å². The van der Waals surface area contributed by atoms with Crippen molar-refractivity contribution in [2.24, 2.45) is 11.8 Å². The summed E-state index contributed by atoms with van der Waals surface area (Å²) in [6.07, 6.45) is 1.32. The summed E-state index contributed by atoms with van der Waals surface area (Å²) in [4.78, 5) is 2.42. The fourth-order valence-corrected chi connectivity index (χ4v) is 1.19. The molecule has 1 heteroatoms. The van der Waals surface area contributed by atoms with Gasteiger partial charge in [0, 0.05) is 6.54 Å². The van der Waals surface area contributed by atoms with E-state index in [4.69, 9.17) is 0 Å². The van der Waals surface area contributed by atoms with Gasteiger partial charge in [-0.3, -0.25) is 0 Å². The summed E-state index contributed by atoms with van der Waals surface area (Å²) in [5.74, 6) is 1.64. The molecule has 0 spiro atoms. The van der Waals surface area contributed by atoms with Crippen LogP contribution in [0.2, 0.25) is 0 Å². The molecule has 11 heavy (non-hydrogen) atoms. The van der Waals surface area contributed by atoms with E-state index >= 15 is 0 Å². The van der Waals surface area contributed by atoms with E-state index in [9.17, 15) is 0 Å². The van der Waals surface area contributed by atoms with Crippen molar-refractivity contribution in [2.45, 2.75) is 34.1 Å². The number of rotatable bonds is 5. The van der Waals surface area contributed by atoms with Gasteiger partial charge in [0.1, 0.15) is 0 Å². The second kappa shape index (κ2) is 5.59. The number of nitrogens with zero attached hydrogens (tertiary/aromatic N) is 1. The topological polar surface area (TPSA) is 3.24 Å². The quantitative estimate of drug-likeness (QED) is 0.593. The molecule has 1 nitrogen and oxygen atoms in total. The molecule has 0 aliphatic heterocycles. The Kier molecular flexibility index (Phi) is 5.57.